The molecule has 0 N–H and O–H groups in total. The van der Waals surface area contributed by atoms with Crippen molar-refractivity contribution < 1.29 is 18.0 Å². The molecule has 1 rings (SSSR count). The third kappa shape index (κ3) is 2.12. The summed E-state index contributed by atoms with van der Waals surface area (Å²) in [5.74, 6) is -1.30. The maximum atomic E-state index is 12.8. The standard InChI is InChI=1S/C8H5BrF3NO/c9-2-4-1-5(7(10)11)8(12)13-6(4)3-14/h1,3,7H,2H2. The molecule has 0 aromatic carbocycles. The van der Waals surface area contributed by atoms with Crippen LogP contribution in [0.25, 0.3) is 0 Å². The number of alkyl halides is 3. The second-order valence-electron chi connectivity index (χ2n) is 2.46. The molecule has 1 heterocycles. The molecule has 0 amide bonds. The van der Waals surface area contributed by atoms with Crippen LogP contribution in [0.5, 0.6) is 0 Å². The minimum Gasteiger partial charge on any atom is -0.296 e. The highest BCUT2D eigenvalue weighted by Gasteiger charge is 2.17. The van der Waals surface area contributed by atoms with Crippen LogP contribution >= 0.6 is 15.9 Å². The van der Waals surface area contributed by atoms with Gasteiger partial charge in [0, 0.05) is 5.33 Å². The molecule has 0 aliphatic heterocycles. The lowest BCUT2D eigenvalue weighted by Crippen LogP contribution is -2.02. The molecule has 0 bridgehead atoms. The van der Waals surface area contributed by atoms with Crippen LogP contribution < -0.4 is 0 Å². The lowest BCUT2D eigenvalue weighted by atomic mass is 10.1. The average Bonchev–Trinajstić information content (AvgIpc) is 2.16. The molecule has 0 unspecified atom stereocenters. The van der Waals surface area contributed by atoms with Gasteiger partial charge in [-0.3, -0.25) is 4.79 Å². The summed E-state index contributed by atoms with van der Waals surface area (Å²) in [5, 5.41) is 0.175. The van der Waals surface area contributed by atoms with Crippen LogP contribution in [-0.4, -0.2) is 11.3 Å². The summed E-state index contributed by atoms with van der Waals surface area (Å²) in [6.45, 7) is 0. The van der Waals surface area contributed by atoms with Crippen molar-refractivity contribution in [2.24, 2.45) is 0 Å². The molecule has 76 valence electrons. The average molecular weight is 268 g/mol. The van der Waals surface area contributed by atoms with Crippen LogP contribution in [0.2, 0.25) is 0 Å². The van der Waals surface area contributed by atoms with Crippen LogP contribution in [0.4, 0.5) is 13.2 Å². The van der Waals surface area contributed by atoms with E-state index in [1.807, 2.05) is 0 Å². The van der Waals surface area contributed by atoms with Gasteiger partial charge in [-0.25, -0.2) is 13.8 Å². The van der Waals surface area contributed by atoms with Gasteiger partial charge in [-0.05, 0) is 11.6 Å². The molecule has 2 nitrogen and oxygen atoms in total. The monoisotopic (exact) mass is 267 g/mol. The quantitative estimate of drug-likeness (QED) is 0.479. The largest absolute Gasteiger partial charge is 0.296 e. The summed E-state index contributed by atoms with van der Waals surface area (Å²) >= 11 is 2.99. The van der Waals surface area contributed by atoms with E-state index in [1.54, 1.807) is 0 Å². The summed E-state index contributed by atoms with van der Waals surface area (Å²) in [6.07, 6.45) is -2.60. The molecule has 0 saturated heterocycles. The van der Waals surface area contributed by atoms with E-state index in [1.165, 1.54) is 0 Å². The van der Waals surface area contributed by atoms with E-state index in [4.69, 9.17) is 0 Å². The van der Waals surface area contributed by atoms with E-state index in [2.05, 4.69) is 20.9 Å². The number of aldehydes is 1. The van der Waals surface area contributed by atoms with Gasteiger partial charge in [0.05, 0.1) is 5.56 Å². The Morgan fingerprint density at radius 1 is 1.57 bits per heavy atom. The van der Waals surface area contributed by atoms with Crippen molar-refractivity contribution in [2.45, 2.75) is 11.8 Å². The third-order valence-corrected chi connectivity index (χ3v) is 2.21. The van der Waals surface area contributed by atoms with E-state index in [9.17, 15) is 18.0 Å². The van der Waals surface area contributed by atoms with Gasteiger partial charge in [0.1, 0.15) is 5.69 Å². The van der Waals surface area contributed by atoms with Crippen molar-refractivity contribution >= 4 is 22.2 Å². The molecule has 1 aromatic rings. The molecule has 0 saturated carbocycles. The number of hydrogen-bond donors (Lipinski definition) is 0. The second kappa shape index (κ2) is 4.54. The molecule has 14 heavy (non-hydrogen) atoms. The van der Waals surface area contributed by atoms with Gasteiger partial charge in [-0.1, -0.05) is 15.9 Å². The Labute approximate surface area is 86.3 Å². The first-order chi connectivity index (χ1) is 6.60. The number of hydrogen-bond acceptors (Lipinski definition) is 2. The Balaban J connectivity index is 3.30. The molecule has 0 aliphatic carbocycles. The zero-order chi connectivity index (χ0) is 10.7. The molecule has 0 radical (unpaired) electrons. The lowest BCUT2D eigenvalue weighted by molar-refractivity contribution is 0.111. The lowest BCUT2D eigenvalue weighted by Gasteiger charge is -2.05. The Kier molecular flexibility index (Phi) is 3.62. The number of carbonyl (C=O) groups is 1. The number of rotatable bonds is 3. The number of carbonyl (C=O) groups excluding carboxylic acids is 1. The van der Waals surface area contributed by atoms with Crippen molar-refractivity contribution in [3.8, 4) is 0 Å². The predicted molar refractivity (Wildman–Crippen MR) is 47.2 cm³/mol. The van der Waals surface area contributed by atoms with Crippen molar-refractivity contribution in [3.63, 3.8) is 0 Å². The topological polar surface area (TPSA) is 30.0 Å². The highest BCUT2D eigenvalue weighted by molar-refractivity contribution is 9.08. The molecule has 0 atom stereocenters. The highest BCUT2D eigenvalue weighted by atomic mass is 79.9. The second-order valence-corrected chi connectivity index (χ2v) is 3.03. The Morgan fingerprint density at radius 2 is 2.21 bits per heavy atom. The third-order valence-electron chi connectivity index (χ3n) is 1.61. The summed E-state index contributed by atoms with van der Waals surface area (Å²) in [6, 6.07) is 0.936. The number of halogens is 4. The van der Waals surface area contributed by atoms with Crippen molar-refractivity contribution in [1.29, 1.82) is 0 Å². The first kappa shape index (κ1) is 11.2. The molecule has 6 heteroatoms. The van der Waals surface area contributed by atoms with Gasteiger partial charge in [-0.2, -0.15) is 4.39 Å². The minimum atomic E-state index is -2.93. The normalized spacial score (nSPS) is 10.6. The van der Waals surface area contributed by atoms with Gasteiger partial charge >= 0.3 is 0 Å². The number of aromatic nitrogens is 1. The van der Waals surface area contributed by atoms with E-state index < -0.39 is 17.9 Å². The van der Waals surface area contributed by atoms with Crippen LogP contribution in [0.3, 0.4) is 0 Å². The minimum absolute atomic E-state index is 0.163. The van der Waals surface area contributed by atoms with Crippen LogP contribution in [0, 0.1) is 5.95 Å². The van der Waals surface area contributed by atoms with Crippen LogP contribution in [0.15, 0.2) is 6.07 Å². The molecule has 1 aromatic heterocycles. The number of pyridine rings is 1. The highest BCUT2D eigenvalue weighted by Crippen LogP contribution is 2.23. The Bertz CT molecular complexity index is 357. The molecular weight excluding hydrogens is 263 g/mol. The molecular formula is C8H5BrF3NO. The van der Waals surface area contributed by atoms with Gasteiger partial charge < -0.3 is 0 Å². The maximum Gasteiger partial charge on any atom is 0.268 e. The van der Waals surface area contributed by atoms with E-state index in [-0.39, 0.29) is 16.6 Å². The molecule has 0 fully saturated rings. The summed E-state index contributed by atoms with van der Waals surface area (Å²) < 4.78 is 37.2. The zero-order valence-corrected chi connectivity index (χ0v) is 8.39. The Morgan fingerprint density at radius 3 is 2.64 bits per heavy atom. The number of nitrogens with zero attached hydrogens (tertiary/aromatic N) is 1. The van der Waals surface area contributed by atoms with Gasteiger partial charge in [-0.15, -0.1) is 0 Å². The van der Waals surface area contributed by atoms with Crippen LogP contribution in [0.1, 0.15) is 28.0 Å². The fourth-order valence-electron chi connectivity index (χ4n) is 0.925. The van der Waals surface area contributed by atoms with Gasteiger partial charge in [0.15, 0.2) is 6.29 Å². The zero-order valence-electron chi connectivity index (χ0n) is 6.81. The Hall–Kier alpha value is -0.910. The van der Waals surface area contributed by atoms with Crippen molar-refractivity contribution in [3.05, 3.63) is 28.8 Å². The SMILES string of the molecule is O=Cc1nc(F)c(C(F)F)cc1CBr. The van der Waals surface area contributed by atoms with Gasteiger partial charge in [0.2, 0.25) is 5.95 Å². The van der Waals surface area contributed by atoms with E-state index >= 15 is 0 Å². The first-order valence-electron chi connectivity index (χ1n) is 3.58. The van der Waals surface area contributed by atoms with Gasteiger partial charge in [0.25, 0.3) is 6.43 Å². The molecule has 0 aliphatic rings. The van der Waals surface area contributed by atoms with Crippen molar-refractivity contribution in [2.75, 3.05) is 0 Å². The first-order valence-corrected chi connectivity index (χ1v) is 4.71. The van der Waals surface area contributed by atoms with E-state index in [0.717, 1.165) is 6.07 Å². The summed E-state index contributed by atoms with van der Waals surface area (Å²) in [4.78, 5) is 13.5. The molecule has 0 spiro atoms. The maximum absolute atomic E-state index is 12.8. The summed E-state index contributed by atoms with van der Waals surface area (Å²) in [7, 11) is 0. The van der Waals surface area contributed by atoms with E-state index in [0.29, 0.717) is 6.29 Å². The smallest absolute Gasteiger partial charge is 0.268 e. The summed E-state index contributed by atoms with van der Waals surface area (Å²) in [5.41, 5.74) is -0.703. The fourth-order valence-corrected chi connectivity index (χ4v) is 1.37. The van der Waals surface area contributed by atoms with Crippen molar-refractivity contribution in [1.82, 2.24) is 4.98 Å². The van der Waals surface area contributed by atoms with Crippen LogP contribution in [-0.2, 0) is 5.33 Å². The predicted octanol–water partition coefficient (Wildman–Crippen LogP) is 2.87. The fraction of sp³-hybridized carbons (Fsp3) is 0.250.